The van der Waals surface area contributed by atoms with Gasteiger partial charge in [-0.3, -0.25) is 4.79 Å². The predicted molar refractivity (Wildman–Crippen MR) is 117 cm³/mol. The zero-order valence-corrected chi connectivity index (χ0v) is 18.1. The summed E-state index contributed by atoms with van der Waals surface area (Å²) in [6, 6.07) is 16.3. The molecule has 0 bridgehead atoms. The molecule has 0 saturated carbocycles. The Kier molecular flexibility index (Phi) is 6.74. The number of oxazole rings is 1. The number of carbonyl (C=O) groups excluding carboxylic acids is 2. The largest absolute Gasteiger partial charge is 0.476 e. The van der Waals surface area contributed by atoms with Crippen molar-refractivity contribution < 1.29 is 23.5 Å². The van der Waals surface area contributed by atoms with Crippen molar-refractivity contribution in [1.82, 2.24) is 4.98 Å². The van der Waals surface area contributed by atoms with Crippen LogP contribution in [-0.4, -0.2) is 29.1 Å². The smallest absolute Gasteiger partial charge is 0.349 e. The van der Waals surface area contributed by atoms with E-state index in [-0.39, 0.29) is 18.9 Å². The molecular formula is C24H26N2O5. The third-order valence-electron chi connectivity index (χ3n) is 4.52. The molecule has 0 aliphatic rings. The zero-order valence-electron chi connectivity index (χ0n) is 18.1. The Labute approximate surface area is 181 Å². The second-order valence-corrected chi connectivity index (χ2v) is 7.47. The molecule has 1 heterocycles. The van der Waals surface area contributed by atoms with E-state index in [9.17, 15) is 9.59 Å². The number of aryl methyl sites for hydroxylation is 1. The van der Waals surface area contributed by atoms with Crippen LogP contribution in [0.4, 0.5) is 5.69 Å². The van der Waals surface area contributed by atoms with E-state index in [1.165, 1.54) is 0 Å². The van der Waals surface area contributed by atoms with Gasteiger partial charge in [0.2, 0.25) is 11.8 Å². The lowest BCUT2D eigenvalue weighted by Gasteiger charge is -2.24. The molecule has 1 amide bonds. The second-order valence-electron chi connectivity index (χ2n) is 7.47. The molecule has 0 aliphatic heterocycles. The first kappa shape index (κ1) is 22.1. The summed E-state index contributed by atoms with van der Waals surface area (Å²) >= 11 is 0. The Hall–Kier alpha value is -3.61. The number of carbonyl (C=O) groups is 2. The van der Waals surface area contributed by atoms with Crippen LogP contribution < -0.4 is 10.1 Å². The molecule has 1 N–H and O–H groups in total. The number of nitrogens with one attached hydrogen (secondary N) is 1. The summed E-state index contributed by atoms with van der Waals surface area (Å²) in [6.45, 7) is 7.11. The molecule has 31 heavy (non-hydrogen) atoms. The summed E-state index contributed by atoms with van der Waals surface area (Å²) < 4.78 is 16.4. The van der Waals surface area contributed by atoms with Crippen LogP contribution in [0.15, 0.2) is 59.0 Å². The van der Waals surface area contributed by atoms with E-state index >= 15 is 0 Å². The molecule has 7 nitrogen and oxygen atoms in total. The lowest BCUT2D eigenvalue weighted by atomic mass is 10.1. The molecular weight excluding hydrogens is 396 g/mol. The van der Waals surface area contributed by atoms with E-state index in [0.29, 0.717) is 28.8 Å². The Morgan fingerprint density at radius 1 is 1.06 bits per heavy atom. The summed E-state index contributed by atoms with van der Waals surface area (Å²) in [4.78, 5) is 28.9. The van der Waals surface area contributed by atoms with E-state index in [0.717, 1.165) is 5.56 Å². The number of rotatable bonds is 8. The van der Waals surface area contributed by atoms with E-state index in [4.69, 9.17) is 13.9 Å². The van der Waals surface area contributed by atoms with Gasteiger partial charge in [-0.1, -0.05) is 18.2 Å². The molecule has 0 atom stereocenters. The number of amides is 1. The average Bonchev–Trinajstić information content (AvgIpc) is 3.10. The Balaban J connectivity index is 1.60. The molecule has 1 aromatic heterocycles. The summed E-state index contributed by atoms with van der Waals surface area (Å²) in [6.07, 6.45) is 0.0936. The fourth-order valence-corrected chi connectivity index (χ4v) is 2.90. The highest BCUT2D eigenvalue weighted by Crippen LogP contribution is 2.23. The van der Waals surface area contributed by atoms with Gasteiger partial charge in [0, 0.05) is 11.3 Å². The molecule has 7 heteroatoms. The molecule has 0 unspecified atom stereocenters. The number of hydrogen-bond donors (Lipinski definition) is 1. The van der Waals surface area contributed by atoms with Crippen molar-refractivity contribution in [1.29, 1.82) is 0 Å². The fourth-order valence-electron chi connectivity index (χ4n) is 2.90. The second kappa shape index (κ2) is 9.47. The van der Waals surface area contributed by atoms with Crippen molar-refractivity contribution >= 4 is 17.6 Å². The van der Waals surface area contributed by atoms with Crippen LogP contribution in [-0.2, 0) is 20.7 Å². The molecule has 0 radical (unpaired) electrons. The van der Waals surface area contributed by atoms with Gasteiger partial charge in [0.25, 0.3) is 0 Å². The van der Waals surface area contributed by atoms with Gasteiger partial charge >= 0.3 is 5.97 Å². The van der Waals surface area contributed by atoms with Gasteiger partial charge in [0.15, 0.2) is 5.60 Å². The third-order valence-corrected chi connectivity index (χ3v) is 4.52. The van der Waals surface area contributed by atoms with Crippen LogP contribution in [0.1, 0.15) is 32.2 Å². The Morgan fingerprint density at radius 3 is 2.39 bits per heavy atom. The Bertz CT molecular complexity index is 1040. The molecule has 0 spiro atoms. The van der Waals surface area contributed by atoms with Crippen LogP contribution in [0.3, 0.4) is 0 Å². The van der Waals surface area contributed by atoms with Crippen LogP contribution in [0.25, 0.3) is 11.5 Å². The van der Waals surface area contributed by atoms with E-state index in [1.807, 2.05) is 30.3 Å². The minimum atomic E-state index is -1.11. The molecule has 2 aromatic carbocycles. The number of nitrogens with zero attached hydrogens (tertiary/aromatic N) is 1. The number of esters is 1. The topological polar surface area (TPSA) is 90.7 Å². The fraction of sp³-hybridized carbons (Fsp3) is 0.292. The van der Waals surface area contributed by atoms with E-state index < -0.39 is 11.6 Å². The number of benzene rings is 2. The minimum Gasteiger partial charge on any atom is -0.476 e. The molecule has 162 valence electrons. The number of aromatic nitrogens is 1. The quantitative estimate of drug-likeness (QED) is 0.536. The van der Waals surface area contributed by atoms with Gasteiger partial charge in [-0.05, 0) is 64.1 Å². The maximum Gasteiger partial charge on any atom is 0.349 e. The lowest BCUT2D eigenvalue weighted by Crippen LogP contribution is -2.39. The van der Waals surface area contributed by atoms with E-state index in [2.05, 4.69) is 10.3 Å². The van der Waals surface area contributed by atoms with E-state index in [1.54, 1.807) is 52.0 Å². The van der Waals surface area contributed by atoms with Gasteiger partial charge in [0.05, 0.1) is 18.7 Å². The highest BCUT2D eigenvalue weighted by molar-refractivity contribution is 5.92. The highest BCUT2D eigenvalue weighted by atomic mass is 16.6. The minimum absolute atomic E-state index is 0.0936. The molecule has 0 saturated heterocycles. The van der Waals surface area contributed by atoms with Crippen molar-refractivity contribution in [2.45, 2.75) is 39.7 Å². The van der Waals surface area contributed by atoms with Crippen molar-refractivity contribution in [3.63, 3.8) is 0 Å². The van der Waals surface area contributed by atoms with Crippen LogP contribution in [0.2, 0.25) is 0 Å². The van der Waals surface area contributed by atoms with Crippen molar-refractivity contribution in [3.8, 4) is 17.2 Å². The van der Waals surface area contributed by atoms with Gasteiger partial charge in [-0.15, -0.1) is 0 Å². The highest BCUT2D eigenvalue weighted by Gasteiger charge is 2.31. The zero-order chi connectivity index (χ0) is 22.4. The van der Waals surface area contributed by atoms with Crippen LogP contribution in [0.5, 0.6) is 5.75 Å². The van der Waals surface area contributed by atoms with Crippen LogP contribution >= 0.6 is 0 Å². The summed E-state index contributed by atoms with van der Waals surface area (Å²) in [5.41, 5.74) is 0.948. The maximum absolute atomic E-state index is 12.5. The molecule has 0 fully saturated rings. The average molecular weight is 422 g/mol. The number of ether oxygens (including phenoxy) is 2. The number of anilines is 1. The van der Waals surface area contributed by atoms with Crippen molar-refractivity contribution in [2.24, 2.45) is 0 Å². The first-order valence-electron chi connectivity index (χ1n) is 10.1. The SMILES string of the molecule is CCOC(=O)C(C)(C)Oc1ccc(NC(=O)Cc2nc(-c3ccccc3)oc2C)cc1. The summed E-state index contributed by atoms with van der Waals surface area (Å²) in [5.74, 6) is 0.947. The van der Waals surface area contributed by atoms with Crippen LogP contribution in [0, 0.1) is 6.92 Å². The Morgan fingerprint density at radius 2 is 1.74 bits per heavy atom. The van der Waals surface area contributed by atoms with Crippen molar-refractivity contribution in [2.75, 3.05) is 11.9 Å². The summed E-state index contributed by atoms with van der Waals surface area (Å²) in [7, 11) is 0. The maximum atomic E-state index is 12.5. The molecule has 3 rings (SSSR count). The lowest BCUT2D eigenvalue weighted by molar-refractivity contribution is -0.158. The van der Waals surface area contributed by atoms with Gasteiger partial charge in [-0.2, -0.15) is 0 Å². The normalized spacial score (nSPS) is 11.1. The van der Waals surface area contributed by atoms with Gasteiger partial charge in [0.1, 0.15) is 11.5 Å². The van der Waals surface area contributed by atoms with Crippen molar-refractivity contribution in [3.05, 3.63) is 66.1 Å². The first-order chi connectivity index (χ1) is 14.8. The molecule has 0 aliphatic carbocycles. The summed E-state index contributed by atoms with van der Waals surface area (Å²) in [5, 5.41) is 2.83. The van der Waals surface area contributed by atoms with Gasteiger partial charge in [-0.25, -0.2) is 9.78 Å². The predicted octanol–water partition coefficient (Wildman–Crippen LogP) is 4.55. The third kappa shape index (κ3) is 5.72. The standard InChI is InChI=1S/C24H26N2O5/c1-5-29-23(28)24(3,4)31-19-13-11-18(12-14-19)25-21(27)15-20-16(2)30-22(26-20)17-9-7-6-8-10-17/h6-14H,5,15H2,1-4H3,(H,25,27). The van der Waals surface area contributed by atoms with Gasteiger partial charge < -0.3 is 19.2 Å². The monoisotopic (exact) mass is 422 g/mol. The molecule has 3 aromatic rings. The first-order valence-corrected chi connectivity index (χ1v) is 10.1. The number of hydrogen-bond acceptors (Lipinski definition) is 6.